The van der Waals surface area contributed by atoms with Gasteiger partial charge in [-0.25, -0.2) is 4.79 Å². The van der Waals surface area contributed by atoms with Crippen molar-refractivity contribution in [2.45, 2.75) is 118 Å². The van der Waals surface area contributed by atoms with Crippen LogP contribution in [0.15, 0.2) is 40.4 Å². The lowest BCUT2D eigenvalue weighted by Gasteiger charge is -2.58. The van der Waals surface area contributed by atoms with Crippen molar-refractivity contribution in [2.75, 3.05) is 6.54 Å². The van der Waals surface area contributed by atoms with Crippen LogP contribution in [0, 0.1) is 46.3 Å². The second-order valence-corrected chi connectivity index (χ2v) is 15.8. The van der Waals surface area contributed by atoms with Crippen molar-refractivity contribution < 1.29 is 9.53 Å². The van der Waals surface area contributed by atoms with Crippen LogP contribution < -0.4 is 5.32 Å². The van der Waals surface area contributed by atoms with Gasteiger partial charge in [0.05, 0.1) is 0 Å². The van der Waals surface area contributed by atoms with Crippen molar-refractivity contribution in [2.24, 2.45) is 46.3 Å². The van der Waals surface area contributed by atoms with E-state index in [9.17, 15) is 4.79 Å². The minimum atomic E-state index is -0.257. The molecule has 4 aliphatic carbocycles. The van der Waals surface area contributed by atoms with E-state index in [0.717, 1.165) is 65.7 Å². The molecular formula is C36H54BrNO2. The third-order valence-electron chi connectivity index (χ3n) is 12.1. The molecule has 0 aliphatic heterocycles. The number of alkyl carbamates (subject to hydrolysis) is 1. The molecule has 1 amide bonds. The molecule has 1 aromatic carbocycles. The molecule has 0 aromatic heterocycles. The molecule has 4 heteroatoms. The van der Waals surface area contributed by atoms with Crippen molar-refractivity contribution in [3.8, 4) is 0 Å². The molecule has 8 atom stereocenters. The van der Waals surface area contributed by atoms with Crippen LogP contribution in [-0.4, -0.2) is 18.7 Å². The van der Waals surface area contributed by atoms with Gasteiger partial charge in [-0.3, -0.25) is 0 Å². The van der Waals surface area contributed by atoms with Crippen LogP contribution in [0.1, 0.15) is 111 Å². The standard InChI is InChI=1S/C36H54BrNO2/c1-24(2)7-6-8-25(3)31-15-16-32-30-14-11-27-23-29(17-20-35(27,4)33(30)18-21-36(31,32)5)40-34(39)38-22-19-26-9-12-28(37)13-10-26/h9-13,24-25,29-33H,6-8,14-23H2,1-5H3,(H,38,39)/t25-,29+,30+,31-,32+,33+,35+,36-/m1/s1. The molecule has 5 rings (SSSR count). The monoisotopic (exact) mass is 611 g/mol. The van der Waals surface area contributed by atoms with E-state index in [0.29, 0.717) is 17.4 Å². The number of hydrogen-bond donors (Lipinski definition) is 1. The van der Waals surface area contributed by atoms with Crippen LogP contribution in [0.3, 0.4) is 0 Å². The van der Waals surface area contributed by atoms with Crippen LogP contribution in [0.5, 0.6) is 0 Å². The summed E-state index contributed by atoms with van der Waals surface area (Å²) in [5.41, 5.74) is 3.64. The molecule has 3 nitrogen and oxygen atoms in total. The molecule has 4 aliphatic rings. The maximum atomic E-state index is 12.6. The number of hydrogen-bond acceptors (Lipinski definition) is 2. The first kappa shape index (κ1) is 30.2. The van der Waals surface area contributed by atoms with Crippen molar-refractivity contribution in [1.82, 2.24) is 5.32 Å². The Morgan fingerprint density at radius 3 is 2.55 bits per heavy atom. The lowest BCUT2D eigenvalue weighted by molar-refractivity contribution is -0.0581. The third-order valence-corrected chi connectivity index (χ3v) is 12.7. The predicted molar refractivity (Wildman–Crippen MR) is 169 cm³/mol. The minimum Gasteiger partial charge on any atom is -0.446 e. The molecule has 1 N–H and O–H groups in total. The number of amides is 1. The minimum absolute atomic E-state index is 0.0139. The molecule has 1 aromatic rings. The fourth-order valence-electron chi connectivity index (χ4n) is 9.91. The zero-order valence-corrected chi connectivity index (χ0v) is 27.4. The van der Waals surface area contributed by atoms with Gasteiger partial charge in [-0.05, 0) is 115 Å². The Labute approximate surface area is 252 Å². The summed E-state index contributed by atoms with van der Waals surface area (Å²) in [6, 6.07) is 8.27. The quantitative estimate of drug-likeness (QED) is 0.282. The van der Waals surface area contributed by atoms with Gasteiger partial charge in [-0.1, -0.05) is 93.6 Å². The van der Waals surface area contributed by atoms with Gasteiger partial charge in [0.25, 0.3) is 0 Å². The average molecular weight is 613 g/mol. The zero-order chi connectivity index (χ0) is 28.5. The highest BCUT2D eigenvalue weighted by Gasteiger charge is 2.59. The van der Waals surface area contributed by atoms with Gasteiger partial charge in [0.2, 0.25) is 0 Å². The fourth-order valence-corrected chi connectivity index (χ4v) is 10.2. The fraction of sp³-hybridized carbons (Fsp3) is 0.750. The van der Waals surface area contributed by atoms with Gasteiger partial charge in [-0.2, -0.15) is 0 Å². The van der Waals surface area contributed by atoms with E-state index < -0.39 is 0 Å². The van der Waals surface area contributed by atoms with Gasteiger partial charge in [0.1, 0.15) is 6.10 Å². The van der Waals surface area contributed by atoms with Crippen LogP contribution in [-0.2, 0) is 11.2 Å². The number of nitrogens with one attached hydrogen (secondary N) is 1. The van der Waals surface area contributed by atoms with Gasteiger partial charge < -0.3 is 10.1 Å². The van der Waals surface area contributed by atoms with Crippen LogP contribution in [0.25, 0.3) is 0 Å². The van der Waals surface area contributed by atoms with E-state index in [4.69, 9.17) is 4.74 Å². The van der Waals surface area contributed by atoms with Crippen LogP contribution in [0.2, 0.25) is 0 Å². The number of benzene rings is 1. The highest BCUT2D eigenvalue weighted by Crippen LogP contribution is 2.67. The third kappa shape index (κ3) is 6.23. The number of fused-ring (bicyclic) bond motifs is 5. The van der Waals surface area contributed by atoms with E-state index in [-0.39, 0.29) is 12.2 Å². The van der Waals surface area contributed by atoms with Crippen molar-refractivity contribution in [3.05, 3.63) is 46.0 Å². The Kier molecular flexibility index (Phi) is 9.45. The van der Waals surface area contributed by atoms with Gasteiger partial charge >= 0.3 is 6.09 Å². The Bertz CT molecular complexity index is 1050. The molecule has 0 radical (unpaired) electrons. The molecule has 3 fully saturated rings. The first-order valence-corrected chi connectivity index (χ1v) is 17.3. The first-order valence-electron chi connectivity index (χ1n) is 16.5. The van der Waals surface area contributed by atoms with Gasteiger partial charge in [-0.15, -0.1) is 0 Å². The summed E-state index contributed by atoms with van der Waals surface area (Å²) in [5, 5.41) is 2.99. The molecule has 40 heavy (non-hydrogen) atoms. The van der Waals surface area contributed by atoms with Crippen LogP contribution >= 0.6 is 15.9 Å². The number of carbonyl (C=O) groups excluding carboxylic acids is 1. The summed E-state index contributed by atoms with van der Waals surface area (Å²) < 4.78 is 7.03. The van der Waals surface area contributed by atoms with Crippen LogP contribution in [0.4, 0.5) is 4.79 Å². The lowest BCUT2D eigenvalue weighted by atomic mass is 9.47. The second-order valence-electron chi connectivity index (χ2n) is 14.9. The Morgan fingerprint density at radius 1 is 1.02 bits per heavy atom. The van der Waals surface area contributed by atoms with E-state index >= 15 is 0 Å². The summed E-state index contributed by atoms with van der Waals surface area (Å²) in [7, 11) is 0. The van der Waals surface area contributed by atoms with E-state index in [1.807, 2.05) is 12.1 Å². The summed E-state index contributed by atoms with van der Waals surface area (Å²) >= 11 is 3.48. The number of ether oxygens (including phenoxy) is 1. The van der Waals surface area contributed by atoms with E-state index in [1.165, 1.54) is 56.9 Å². The van der Waals surface area contributed by atoms with Crippen molar-refractivity contribution >= 4 is 22.0 Å². The first-order chi connectivity index (χ1) is 19.1. The Balaban J connectivity index is 1.15. The summed E-state index contributed by atoms with van der Waals surface area (Å²) in [6.07, 6.45) is 17.4. The predicted octanol–water partition coefficient (Wildman–Crippen LogP) is 10.1. The highest BCUT2D eigenvalue weighted by molar-refractivity contribution is 9.10. The van der Waals surface area contributed by atoms with E-state index in [2.05, 4.69) is 74.1 Å². The smallest absolute Gasteiger partial charge is 0.407 e. The summed E-state index contributed by atoms with van der Waals surface area (Å²) in [5.74, 6) is 5.15. The molecule has 0 saturated heterocycles. The summed E-state index contributed by atoms with van der Waals surface area (Å²) in [6.45, 7) is 13.2. The summed E-state index contributed by atoms with van der Waals surface area (Å²) in [4.78, 5) is 12.6. The number of carbonyl (C=O) groups is 1. The highest BCUT2D eigenvalue weighted by atomic mass is 79.9. The maximum absolute atomic E-state index is 12.6. The topological polar surface area (TPSA) is 38.3 Å². The molecule has 0 heterocycles. The SMILES string of the molecule is CC(C)CCC[C@@H](C)[C@H]1CC[C@H]2[C@@H]3CC=C4C[C@@H](OC(=O)NCCc5ccc(Br)cc5)CC[C@]4(C)[C@H]3CC[C@]12C. The molecule has 0 unspecified atom stereocenters. The molecular weight excluding hydrogens is 558 g/mol. The molecule has 3 saturated carbocycles. The normalized spacial score (nSPS) is 35.8. The van der Waals surface area contributed by atoms with Crippen molar-refractivity contribution in [1.29, 1.82) is 0 Å². The largest absolute Gasteiger partial charge is 0.446 e. The zero-order valence-electron chi connectivity index (χ0n) is 25.8. The number of halogens is 1. The van der Waals surface area contributed by atoms with Crippen molar-refractivity contribution in [3.63, 3.8) is 0 Å². The number of rotatable bonds is 9. The van der Waals surface area contributed by atoms with Gasteiger partial charge in [0, 0.05) is 17.4 Å². The van der Waals surface area contributed by atoms with Gasteiger partial charge in [0.15, 0.2) is 0 Å². The average Bonchev–Trinajstić information content (AvgIpc) is 3.27. The lowest BCUT2D eigenvalue weighted by Crippen LogP contribution is -2.51. The maximum Gasteiger partial charge on any atom is 0.407 e. The molecule has 0 bridgehead atoms. The second kappa shape index (κ2) is 12.5. The van der Waals surface area contributed by atoms with E-state index in [1.54, 1.807) is 5.57 Å². The Hall–Kier alpha value is -1.29. The number of allylic oxidation sites excluding steroid dienone is 1. The molecule has 0 spiro atoms. The Morgan fingerprint density at radius 2 is 1.80 bits per heavy atom. The molecule has 222 valence electrons.